The highest BCUT2D eigenvalue weighted by molar-refractivity contribution is 9.11. The molecular weight excluding hydrogens is 264 g/mol. The summed E-state index contributed by atoms with van der Waals surface area (Å²) in [6, 6.07) is 0. The molecule has 0 heterocycles. The molecule has 0 aromatic carbocycles. The Bertz CT molecular complexity index is 6.85. The zero-order valence-electron chi connectivity index (χ0n) is 2.58. The van der Waals surface area contributed by atoms with Crippen molar-refractivity contribution in [3.8, 4) is 0 Å². The summed E-state index contributed by atoms with van der Waals surface area (Å²) >= 11 is 6.40. The molecule has 0 bridgehead atoms. The Balaban J connectivity index is 0. The molecule has 0 rings (SSSR count). The minimum atomic E-state index is 0. The van der Waals surface area contributed by atoms with E-state index in [1.54, 1.807) is 0 Å². The van der Waals surface area contributed by atoms with E-state index in [1.807, 2.05) is 0 Å². The van der Waals surface area contributed by atoms with Gasteiger partial charge in [0.2, 0.25) is 0 Å². The molecule has 0 aliphatic rings. The lowest BCUT2D eigenvalue weighted by Gasteiger charge is -1.63. The molecule has 0 amide bonds. The monoisotopic (exact) mass is 266 g/mol. The molecule has 0 aromatic rings. The van der Waals surface area contributed by atoms with Crippen molar-refractivity contribution in [2.75, 3.05) is 10.7 Å². The first-order valence-electron chi connectivity index (χ1n) is 1.03. The first-order chi connectivity index (χ1) is 1.91. The summed E-state index contributed by atoms with van der Waals surface area (Å²) in [5.41, 5.74) is 0. The van der Waals surface area contributed by atoms with Crippen LogP contribution in [0.2, 0.25) is 0 Å². The Morgan fingerprint density at radius 1 is 1.00 bits per heavy atom. The Hall–Kier alpha value is 1.44. The van der Waals surface area contributed by atoms with Crippen LogP contribution >= 0.6 is 48.8 Å². The first-order valence-corrected chi connectivity index (χ1v) is 3.28. The molecule has 0 nitrogen and oxygen atoms in total. The van der Waals surface area contributed by atoms with E-state index < -0.39 is 0 Å². The molecule has 0 saturated heterocycles. The van der Waals surface area contributed by atoms with Crippen LogP contribution in [-0.4, -0.2) is 10.7 Å². The highest BCUT2D eigenvalue weighted by Gasteiger charge is 1.60. The van der Waals surface area contributed by atoms with Gasteiger partial charge >= 0.3 is 0 Å². The predicted molar refractivity (Wildman–Crippen MR) is 37.9 cm³/mol. The summed E-state index contributed by atoms with van der Waals surface area (Å²) in [5.74, 6) is 0. The van der Waals surface area contributed by atoms with Gasteiger partial charge in [0, 0.05) is 10.7 Å². The molecule has 0 radical (unpaired) electrons. The predicted octanol–water partition coefficient (Wildman–Crippen LogP) is 2.35. The zero-order chi connectivity index (χ0) is 3.41. The molecule has 0 N–H and O–H groups in total. The summed E-state index contributed by atoms with van der Waals surface area (Å²) in [7, 11) is 0. The summed E-state index contributed by atoms with van der Waals surface area (Å²) in [4.78, 5) is 0. The minimum absolute atomic E-state index is 0. The molecule has 3 heteroatoms. The Labute approximate surface area is 59.4 Å². The molecular formula is C2H5Br3. The third-order valence-corrected chi connectivity index (χ3v) is 1.93. The molecule has 0 fully saturated rings. The second-order valence-corrected chi connectivity index (χ2v) is 1.96. The average molecular weight is 269 g/mol. The smallest absolute Gasteiger partial charge is 0.0129 e. The standard InChI is InChI=1S/C2H4Br2.BrH/c3-1-2-4;/h1-2H2;1H. The largest absolute Gasteiger partial charge is 0.114 e. The van der Waals surface area contributed by atoms with Gasteiger partial charge in [0.1, 0.15) is 0 Å². The summed E-state index contributed by atoms with van der Waals surface area (Å²) in [6.07, 6.45) is 0. The lowest BCUT2D eigenvalue weighted by atomic mass is 11.0. The van der Waals surface area contributed by atoms with Gasteiger partial charge in [-0.1, -0.05) is 31.9 Å². The molecule has 0 aliphatic carbocycles. The highest BCUT2D eigenvalue weighted by Crippen LogP contribution is 1.82. The lowest BCUT2D eigenvalue weighted by Crippen LogP contribution is -1.61. The maximum atomic E-state index is 3.20. The van der Waals surface area contributed by atoms with Crippen LogP contribution in [0.5, 0.6) is 0 Å². The molecule has 34 valence electrons. The van der Waals surface area contributed by atoms with Crippen molar-refractivity contribution >= 4 is 48.8 Å². The van der Waals surface area contributed by atoms with Crippen LogP contribution in [0, 0.1) is 0 Å². The summed E-state index contributed by atoms with van der Waals surface area (Å²) in [6.45, 7) is 0. The van der Waals surface area contributed by atoms with Gasteiger partial charge in [-0.3, -0.25) is 0 Å². The van der Waals surface area contributed by atoms with Crippen molar-refractivity contribution in [3.05, 3.63) is 0 Å². The second-order valence-electron chi connectivity index (χ2n) is 0.378. The van der Waals surface area contributed by atoms with E-state index in [-0.39, 0.29) is 17.0 Å². The third kappa shape index (κ3) is 10.8. The Morgan fingerprint density at radius 2 is 1.20 bits per heavy atom. The SMILES string of the molecule is Br.BrCCBr. The van der Waals surface area contributed by atoms with Crippen LogP contribution in [0.4, 0.5) is 0 Å². The zero-order valence-corrected chi connectivity index (χ0v) is 7.46. The van der Waals surface area contributed by atoms with Crippen LogP contribution < -0.4 is 0 Å². The fourth-order valence-corrected chi connectivity index (χ4v) is 0. The topological polar surface area (TPSA) is 0 Å². The van der Waals surface area contributed by atoms with E-state index in [2.05, 4.69) is 31.9 Å². The third-order valence-electron chi connectivity index (χ3n) is 0.0714. The van der Waals surface area contributed by atoms with E-state index in [1.165, 1.54) is 0 Å². The number of hydrogen-bond acceptors (Lipinski definition) is 0. The fraction of sp³-hybridized carbons (Fsp3) is 1.00. The van der Waals surface area contributed by atoms with Crippen LogP contribution in [-0.2, 0) is 0 Å². The highest BCUT2D eigenvalue weighted by atomic mass is 79.9. The van der Waals surface area contributed by atoms with E-state index in [0.29, 0.717) is 0 Å². The molecule has 0 aliphatic heterocycles. The van der Waals surface area contributed by atoms with E-state index in [9.17, 15) is 0 Å². The van der Waals surface area contributed by atoms with E-state index >= 15 is 0 Å². The van der Waals surface area contributed by atoms with Gasteiger partial charge in [-0.05, 0) is 0 Å². The van der Waals surface area contributed by atoms with Gasteiger partial charge in [-0.15, -0.1) is 17.0 Å². The number of hydrogen-bond donors (Lipinski definition) is 0. The minimum Gasteiger partial charge on any atom is -0.114 e. The van der Waals surface area contributed by atoms with Crippen LogP contribution in [0.1, 0.15) is 0 Å². The van der Waals surface area contributed by atoms with E-state index in [4.69, 9.17) is 0 Å². The average Bonchev–Trinajstić information content (AvgIpc) is 1.37. The number of halogens is 3. The van der Waals surface area contributed by atoms with Crippen LogP contribution in [0.25, 0.3) is 0 Å². The Kier molecular flexibility index (Phi) is 17.5. The van der Waals surface area contributed by atoms with Crippen molar-refractivity contribution in [2.45, 2.75) is 0 Å². The molecule has 0 spiro atoms. The first kappa shape index (κ1) is 9.67. The molecule has 0 atom stereocenters. The van der Waals surface area contributed by atoms with Gasteiger partial charge in [-0.25, -0.2) is 0 Å². The van der Waals surface area contributed by atoms with Crippen molar-refractivity contribution in [3.63, 3.8) is 0 Å². The quantitative estimate of drug-likeness (QED) is 0.641. The van der Waals surface area contributed by atoms with Gasteiger partial charge in [-0.2, -0.15) is 0 Å². The maximum absolute atomic E-state index is 3.20. The lowest BCUT2D eigenvalue weighted by molar-refractivity contribution is 1.62. The van der Waals surface area contributed by atoms with Crippen molar-refractivity contribution in [1.29, 1.82) is 0 Å². The number of rotatable bonds is 1. The molecule has 0 saturated carbocycles. The maximum Gasteiger partial charge on any atom is 0.0129 e. The number of alkyl halides is 2. The van der Waals surface area contributed by atoms with Gasteiger partial charge < -0.3 is 0 Å². The van der Waals surface area contributed by atoms with Crippen molar-refractivity contribution in [1.82, 2.24) is 0 Å². The van der Waals surface area contributed by atoms with E-state index in [0.717, 1.165) is 10.7 Å². The summed E-state index contributed by atoms with van der Waals surface area (Å²) < 4.78 is 0. The van der Waals surface area contributed by atoms with Crippen molar-refractivity contribution < 1.29 is 0 Å². The summed E-state index contributed by atoms with van der Waals surface area (Å²) in [5, 5.41) is 2.10. The molecule has 0 unspecified atom stereocenters. The van der Waals surface area contributed by atoms with Gasteiger partial charge in [0.05, 0.1) is 0 Å². The van der Waals surface area contributed by atoms with Crippen LogP contribution in [0.15, 0.2) is 0 Å². The van der Waals surface area contributed by atoms with Crippen LogP contribution in [0.3, 0.4) is 0 Å². The molecule has 5 heavy (non-hydrogen) atoms. The van der Waals surface area contributed by atoms with Crippen molar-refractivity contribution in [2.24, 2.45) is 0 Å². The molecule has 0 aromatic heterocycles. The Morgan fingerprint density at radius 3 is 1.20 bits per heavy atom. The second kappa shape index (κ2) is 9.06. The van der Waals surface area contributed by atoms with Gasteiger partial charge in [0.15, 0.2) is 0 Å². The normalized spacial score (nSPS) is 6.00. The van der Waals surface area contributed by atoms with Gasteiger partial charge in [0.25, 0.3) is 0 Å². The fourth-order valence-electron chi connectivity index (χ4n) is 0.